The topological polar surface area (TPSA) is 29.3 Å². The van der Waals surface area contributed by atoms with E-state index in [1.165, 1.54) is 16.3 Å². The first-order valence-electron chi connectivity index (χ1n) is 7.07. The zero-order valence-electron chi connectivity index (χ0n) is 12.2. The normalized spacial score (nSPS) is 11.4. The summed E-state index contributed by atoms with van der Waals surface area (Å²) in [5, 5.41) is 2.62. The molecule has 0 unspecified atom stereocenters. The number of hydrogen-bond donors (Lipinski definition) is 1. The van der Waals surface area contributed by atoms with Gasteiger partial charge in [-0.15, -0.1) is 0 Å². The fourth-order valence-electron chi connectivity index (χ4n) is 2.42. The lowest BCUT2D eigenvalue weighted by molar-refractivity contribution is 0.220. The molecule has 0 aliphatic carbocycles. The highest BCUT2D eigenvalue weighted by Crippen LogP contribution is 2.20. The minimum atomic E-state index is 0.475. The molecule has 2 aromatic rings. The van der Waals surface area contributed by atoms with E-state index in [1.54, 1.807) is 0 Å². The van der Waals surface area contributed by atoms with Crippen molar-refractivity contribution in [2.45, 2.75) is 32.9 Å². The van der Waals surface area contributed by atoms with E-state index in [0.717, 1.165) is 19.5 Å². The van der Waals surface area contributed by atoms with Gasteiger partial charge in [-0.2, -0.15) is 0 Å². The Hall–Kier alpha value is -1.45. The average Bonchev–Trinajstić information content (AvgIpc) is 2.43. The van der Waals surface area contributed by atoms with Crippen LogP contribution in [0.25, 0.3) is 10.8 Å². The van der Waals surface area contributed by atoms with Crippen LogP contribution in [0.3, 0.4) is 0 Å². The second kappa shape index (κ2) is 6.82. The maximum atomic E-state index is 5.63. The molecule has 0 saturated carbocycles. The molecule has 0 fully saturated rings. The van der Waals surface area contributed by atoms with E-state index in [9.17, 15) is 0 Å². The van der Waals surface area contributed by atoms with Crippen LogP contribution in [-0.4, -0.2) is 22.5 Å². The van der Waals surface area contributed by atoms with Crippen LogP contribution in [0.15, 0.2) is 42.5 Å². The first-order chi connectivity index (χ1) is 9.58. The molecule has 0 heterocycles. The van der Waals surface area contributed by atoms with Gasteiger partial charge in [0, 0.05) is 25.6 Å². The Bertz CT molecular complexity index is 587. The van der Waals surface area contributed by atoms with Crippen LogP contribution in [0, 0.1) is 0 Å². The second-order valence-corrected chi connectivity index (χ2v) is 5.94. The summed E-state index contributed by atoms with van der Waals surface area (Å²) >= 11 is 4.99. The molecule has 0 bridgehead atoms. The van der Waals surface area contributed by atoms with Crippen LogP contribution >= 0.6 is 12.2 Å². The molecule has 20 heavy (non-hydrogen) atoms. The predicted octanol–water partition coefficient (Wildman–Crippen LogP) is 3.73. The van der Waals surface area contributed by atoms with E-state index in [1.807, 2.05) is 0 Å². The zero-order chi connectivity index (χ0) is 14.5. The summed E-state index contributed by atoms with van der Waals surface area (Å²) in [5.74, 6) is 0. The molecule has 2 N–H and O–H groups in total. The molecule has 0 aromatic heterocycles. The van der Waals surface area contributed by atoms with Crippen LogP contribution < -0.4 is 5.73 Å². The van der Waals surface area contributed by atoms with Crippen molar-refractivity contribution in [2.75, 3.05) is 6.54 Å². The van der Waals surface area contributed by atoms with Gasteiger partial charge < -0.3 is 5.73 Å². The van der Waals surface area contributed by atoms with E-state index in [-0.39, 0.29) is 0 Å². The van der Waals surface area contributed by atoms with Gasteiger partial charge in [-0.25, -0.2) is 0 Å². The molecule has 106 valence electrons. The lowest BCUT2D eigenvalue weighted by Crippen LogP contribution is -2.33. The van der Waals surface area contributed by atoms with Gasteiger partial charge >= 0.3 is 0 Å². The monoisotopic (exact) mass is 286 g/mol. The summed E-state index contributed by atoms with van der Waals surface area (Å²) in [6.45, 7) is 6.27. The molecule has 0 radical (unpaired) electrons. The van der Waals surface area contributed by atoms with Crippen LogP contribution in [0.4, 0.5) is 0 Å². The summed E-state index contributed by atoms with van der Waals surface area (Å²) in [4.78, 5) is 3.01. The van der Waals surface area contributed by atoms with E-state index >= 15 is 0 Å². The first-order valence-corrected chi connectivity index (χ1v) is 7.47. The van der Waals surface area contributed by atoms with Gasteiger partial charge in [0.2, 0.25) is 0 Å². The molecule has 2 nitrogen and oxygen atoms in total. The SMILES string of the molecule is CC(C)N(CCC(N)=S)Cc1cccc2ccccc12. The molecule has 2 rings (SSSR count). The van der Waals surface area contributed by atoms with Gasteiger partial charge in [-0.3, -0.25) is 4.90 Å². The van der Waals surface area contributed by atoms with E-state index in [2.05, 4.69) is 61.2 Å². The number of rotatable bonds is 6. The van der Waals surface area contributed by atoms with Gasteiger partial charge in [-0.1, -0.05) is 54.7 Å². The van der Waals surface area contributed by atoms with Crippen LogP contribution in [0.5, 0.6) is 0 Å². The smallest absolute Gasteiger partial charge is 0.0740 e. The molecule has 3 heteroatoms. The Labute approximate surface area is 126 Å². The number of benzene rings is 2. The highest BCUT2D eigenvalue weighted by Gasteiger charge is 2.12. The lowest BCUT2D eigenvalue weighted by atomic mass is 10.0. The first kappa shape index (κ1) is 14.9. The summed E-state index contributed by atoms with van der Waals surface area (Å²) in [7, 11) is 0. The minimum Gasteiger partial charge on any atom is -0.393 e. The number of hydrogen-bond acceptors (Lipinski definition) is 2. The van der Waals surface area contributed by atoms with Gasteiger partial charge in [0.1, 0.15) is 0 Å². The quantitative estimate of drug-likeness (QED) is 0.821. The molecule has 0 aliphatic rings. The fourth-order valence-corrected chi connectivity index (χ4v) is 2.51. The summed E-state index contributed by atoms with van der Waals surface area (Å²) < 4.78 is 0. The third-order valence-electron chi connectivity index (χ3n) is 3.63. The van der Waals surface area contributed by atoms with Gasteiger partial charge in [-0.05, 0) is 30.2 Å². The minimum absolute atomic E-state index is 0.475. The fraction of sp³-hybridized carbons (Fsp3) is 0.353. The van der Waals surface area contributed by atoms with E-state index < -0.39 is 0 Å². The third-order valence-corrected chi connectivity index (χ3v) is 3.83. The molecular formula is C17H22N2S. The number of thiocarbonyl (C=S) groups is 1. The van der Waals surface area contributed by atoms with E-state index in [0.29, 0.717) is 11.0 Å². The molecule has 0 aliphatic heterocycles. The van der Waals surface area contributed by atoms with Crippen molar-refractivity contribution in [1.29, 1.82) is 0 Å². The largest absolute Gasteiger partial charge is 0.393 e. The molecule has 0 amide bonds. The van der Waals surface area contributed by atoms with Crippen molar-refractivity contribution >= 4 is 28.0 Å². The number of fused-ring (bicyclic) bond motifs is 1. The Balaban J connectivity index is 2.22. The third kappa shape index (κ3) is 3.78. The molecule has 2 aromatic carbocycles. The number of nitrogens with zero attached hydrogens (tertiary/aromatic N) is 1. The van der Waals surface area contributed by atoms with Crippen LogP contribution in [-0.2, 0) is 6.54 Å². The Morgan fingerprint density at radius 1 is 1.15 bits per heavy atom. The second-order valence-electron chi connectivity index (χ2n) is 5.42. The van der Waals surface area contributed by atoms with Crippen molar-refractivity contribution in [3.05, 3.63) is 48.0 Å². The van der Waals surface area contributed by atoms with Crippen LogP contribution in [0.1, 0.15) is 25.8 Å². The molecular weight excluding hydrogens is 264 g/mol. The van der Waals surface area contributed by atoms with Gasteiger partial charge in [0.25, 0.3) is 0 Å². The molecule has 0 atom stereocenters. The Morgan fingerprint density at radius 2 is 1.85 bits per heavy atom. The zero-order valence-corrected chi connectivity index (χ0v) is 13.0. The maximum absolute atomic E-state index is 5.63. The maximum Gasteiger partial charge on any atom is 0.0740 e. The highest BCUT2D eigenvalue weighted by atomic mass is 32.1. The highest BCUT2D eigenvalue weighted by molar-refractivity contribution is 7.80. The van der Waals surface area contributed by atoms with Crippen molar-refractivity contribution in [3.63, 3.8) is 0 Å². The molecule has 0 saturated heterocycles. The van der Waals surface area contributed by atoms with Crippen LogP contribution in [0.2, 0.25) is 0 Å². The van der Waals surface area contributed by atoms with E-state index in [4.69, 9.17) is 18.0 Å². The van der Waals surface area contributed by atoms with Crippen molar-refractivity contribution in [2.24, 2.45) is 5.73 Å². The lowest BCUT2D eigenvalue weighted by Gasteiger charge is -2.27. The average molecular weight is 286 g/mol. The number of nitrogens with two attached hydrogens (primary N) is 1. The van der Waals surface area contributed by atoms with Gasteiger partial charge in [0.15, 0.2) is 0 Å². The Morgan fingerprint density at radius 3 is 2.55 bits per heavy atom. The van der Waals surface area contributed by atoms with Crippen molar-refractivity contribution in [3.8, 4) is 0 Å². The summed E-state index contributed by atoms with van der Waals surface area (Å²) in [6, 6.07) is 15.5. The van der Waals surface area contributed by atoms with Gasteiger partial charge in [0.05, 0.1) is 4.99 Å². The van der Waals surface area contributed by atoms with Crippen molar-refractivity contribution < 1.29 is 0 Å². The van der Waals surface area contributed by atoms with Crippen molar-refractivity contribution in [1.82, 2.24) is 4.90 Å². The summed E-state index contributed by atoms with van der Waals surface area (Å²) in [5.41, 5.74) is 6.99. The summed E-state index contributed by atoms with van der Waals surface area (Å²) in [6.07, 6.45) is 0.776. The standard InChI is InChI=1S/C17H22N2S/c1-13(2)19(11-10-17(18)20)12-15-8-5-7-14-6-3-4-9-16(14)15/h3-9,13H,10-12H2,1-2H3,(H2,18,20). The predicted molar refractivity (Wildman–Crippen MR) is 90.9 cm³/mol. The Kier molecular flexibility index (Phi) is 5.10. The molecule has 0 spiro atoms.